The van der Waals surface area contributed by atoms with Crippen LogP contribution in [0.1, 0.15) is 0 Å². The number of fused-ring (bicyclic) bond motifs is 1. The number of hydrogen-bond acceptors (Lipinski definition) is 4. The second kappa shape index (κ2) is 7.37. The molecule has 0 saturated heterocycles. The summed E-state index contributed by atoms with van der Waals surface area (Å²) in [6, 6.07) is 21.1. The molecule has 0 N–H and O–H groups in total. The third-order valence-corrected chi connectivity index (χ3v) is 4.18. The molecule has 0 aliphatic rings. The van der Waals surface area contributed by atoms with Crippen molar-refractivity contribution in [2.75, 3.05) is 6.61 Å². The van der Waals surface area contributed by atoms with E-state index >= 15 is 0 Å². The Balaban J connectivity index is 1.37. The SMILES string of the molecule is O=C(COc1ccc(-c2ccc(F)cc2)cc1)Cn1nnc2ccccc21. The lowest BCUT2D eigenvalue weighted by molar-refractivity contribution is -0.121. The smallest absolute Gasteiger partial charge is 0.191 e. The van der Waals surface area contributed by atoms with E-state index < -0.39 is 0 Å². The van der Waals surface area contributed by atoms with E-state index in [1.54, 1.807) is 28.9 Å². The fraction of sp³-hybridized carbons (Fsp3) is 0.0952. The third-order valence-electron chi connectivity index (χ3n) is 4.18. The van der Waals surface area contributed by atoms with Crippen molar-refractivity contribution in [1.29, 1.82) is 0 Å². The zero-order valence-corrected chi connectivity index (χ0v) is 14.4. The Morgan fingerprint density at radius 1 is 0.926 bits per heavy atom. The van der Waals surface area contributed by atoms with Gasteiger partial charge in [-0.1, -0.05) is 41.6 Å². The van der Waals surface area contributed by atoms with Gasteiger partial charge in [-0.05, 0) is 47.5 Å². The Morgan fingerprint density at radius 2 is 1.59 bits per heavy atom. The number of carbonyl (C=O) groups is 1. The fourth-order valence-electron chi connectivity index (χ4n) is 2.80. The van der Waals surface area contributed by atoms with Crippen LogP contribution in [0.5, 0.6) is 5.75 Å². The predicted molar refractivity (Wildman–Crippen MR) is 99.9 cm³/mol. The molecule has 6 heteroatoms. The van der Waals surface area contributed by atoms with E-state index in [0.717, 1.165) is 22.2 Å². The topological polar surface area (TPSA) is 57.0 Å². The summed E-state index contributed by atoms with van der Waals surface area (Å²) in [5.41, 5.74) is 3.43. The number of carbonyl (C=O) groups excluding carboxylic acids is 1. The molecule has 0 unspecified atom stereocenters. The van der Waals surface area contributed by atoms with E-state index in [9.17, 15) is 9.18 Å². The molecule has 0 fully saturated rings. The minimum Gasteiger partial charge on any atom is -0.486 e. The van der Waals surface area contributed by atoms with Gasteiger partial charge in [-0.25, -0.2) is 9.07 Å². The number of Topliss-reactive ketones (excluding diaryl/α,β-unsaturated/α-hetero) is 1. The maximum absolute atomic E-state index is 13.0. The van der Waals surface area contributed by atoms with E-state index in [1.807, 2.05) is 36.4 Å². The lowest BCUT2D eigenvalue weighted by Gasteiger charge is -2.07. The number of halogens is 1. The van der Waals surface area contributed by atoms with Crippen LogP contribution in [0.15, 0.2) is 72.8 Å². The molecule has 0 saturated carbocycles. The van der Waals surface area contributed by atoms with E-state index in [2.05, 4.69) is 10.3 Å². The van der Waals surface area contributed by atoms with Gasteiger partial charge in [0.15, 0.2) is 5.78 Å². The van der Waals surface area contributed by atoms with Gasteiger partial charge in [0.1, 0.15) is 30.2 Å². The van der Waals surface area contributed by atoms with Crippen molar-refractivity contribution in [3.63, 3.8) is 0 Å². The molecule has 0 atom stereocenters. The molecule has 0 aliphatic heterocycles. The number of rotatable bonds is 6. The van der Waals surface area contributed by atoms with Crippen LogP contribution < -0.4 is 4.74 Å². The van der Waals surface area contributed by atoms with Crippen molar-refractivity contribution < 1.29 is 13.9 Å². The van der Waals surface area contributed by atoms with Crippen LogP contribution in [0.2, 0.25) is 0 Å². The number of ketones is 1. The largest absolute Gasteiger partial charge is 0.486 e. The highest BCUT2D eigenvalue weighted by Gasteiger charge is 2.09. The van der Waals surface area contributed by atoms with Gasteiger partial charge in [-0.3, -0.25) is 4.79 Å². The zero-order chi connectivity index (χ0) is 18.6. The monoisotopic (exact) mass is 361 g/mol. The molecule has 0 bridgehead atoms. The number of nitrogens with zero attached hydrogens (tertiary/aromatic N) is 3. The Labute approximate surface area is 155 Å². The minimum atomic E-state index is -0.266. The summed E-state index contributed by atoms with van der Waals surface area (Å²) in [6.45, 7) is 0.0538. The van der Waals surface area contributed by atoms with Crippen molar-refractivity contribution in [2.45, 2.75) is 6.54 Å². The molecule has 27 heavy (non-hydrogen) atoms. The van der Waals surface area contributed by atoms with Crippen LogP contribution in [-0.2, 0) is 11.3 Å². The summed E-state index contributed by atoms with van der Waals surface area (Å²) in [7, 11) is 0. The van der Waals surface area contributed by atoms with Gasteiger partial charge < -0.3 is 4.74 Å². The first-order chi connectivity index (χ1) is 13.2. The number of aromatic nitrogens is 3. The van der Waals surface area contributed by atoms with Crippen LogP contribution in [0.4, 0.5) is 4.39 Å². The maximum atomic E-state index is 13.0. The minimum absolute atomic E-state index is 0.0515. The summed E-state index contributed by atoms with van der Waals surface area (Å²) >= 11 is 0. The highest BCUT2D eigenvalue weighted by Crippen LogP contribution is 2.22. The normalized spacial score (nSPS) is 10.9. The molecule has 1 aromatic heterocycles. The Morgan fingerprint density at radius 3 is 2.33 bits per heavy atom. The zero-order valence-electron chi connectivity index (χ0n) is 14.4. The molecular weight excluding hydrogens is 345 g/mol. The summed E-state index contributed by atoms with van der Waals surface area (Å²) in [6.07, 6.45) is 0. The molecule has 134 valence electrons. The lowest BCUT2D eigenvalue weighted by atomic mass is 10.1. The van der Waals surface area contributed by atoms with E-state index in [4.69, 9.17) is 4.74 Å². The predicted octanol–water partition coefficient (Wildman–Crippen LogP) is 3.89. The summed E-state index contributed by atoms with van der Waals surface area (Å²) in [4.78, 5) is 12.2. The third kappa shape index (κ3) is 3.84. The molecular formula is C21H16FN3O2. The van der Waals surface area contributed by atoms with Crippen LogP contribution in [0, 0.1) is 5.82 Å². The van der Waals surface area contributed by atoms with Gasteiger partial charge in [-0.15, -0.1) is 5.10 Å². The van der Waals surface area contributed by atoms with Crippen molar-refractivity contribution >= 4 is 16.8 Å². The average Bonchev–Trinajstić information content (AvgIpc) is 3.10. The van der Waals surface area contributed by atoms with Gasteiger partial charge in [0, 0.05) is 0 Å². The Hall–Kier alpha value is -3.54. The quantitative estimate of drug-likeness (QED) is 0.523. The summed E-state index contributed by atoms with van der Waals surface area (Å²) < 4.78 is 20.1. The van der Waals surface area contributed by atoms with E-state index in [1.165, 1.54) is 12.1 Å². The highest BCUT2D eigenvalue weighted by atomic mass is 19.1. The molecule has 4 rings (SSSR count). The maximum Gasteiger partial charge on any atom is 0.191 e. The second-order valence-electron chi connectivity index (χ2n) is 6.09. The Bertz CT molecular complexity index is 1070. The van der Waals surface area contributed by atoms with Gasteiger partial charge in [0.25, 0.3) is 0 Å². The second-order valence-corrected chi connectivity index (χ2v) is 6.09. The van der Waals surface area contributed by atoms with E-state index in [-0.39, 0.29) is 24.8 Å². The highest BCUT2D eigenvalue weighted by molar-refractivity contribution is 5.82. The van der Waals surface area contributed by atoms with Crippen LogP contribution >= 0.6 is 0 Å². The van der Waals surface area contributed by atoms with Gasteiger partial charge in [0.2, 0.25) is 0 Å². The van der Waals surface area contributed by atoms with Crippen molar-refractivity contribution in [3.8, 4) is 16.9 Å². The Kier molecular flexibility index (Phi) is 4.61. The number of benzene rings is 3. The lowest BCUT2D eigenvalue weighted by Crippen LogP contribution is -2.18. The summed E-state index contributed by atoms with van der Waals surface area (Å²) in [5.74, 6) is 0.225. The number of hydrogen-bond donors (Lipinski definition) is 0. The molecule has 3 aromatic carbocycles. The van der Waals surface area contributed by atoms with Crippen LogP contribution in [0.25, 0.3) is 22.2 Å². The molecule has 0 aliphatic carbocycles. The van der Waals surface area contributed by atoms with Crippen molar-refractivity contribution in [3.05, 3.63) is 78.6 Å². The van der Waals surface area contributed by atoms with Gasteiger partial charge in [0.05, 0.1) is 5.52 Å². The molecule has 5 nitrogen and oxygen atoms in total. The molecule has 0 amide bonds. The molecule has 0 spiro atoms. The first-order valence-corrected chi connectivity index (χ1v) is 8.48. The number of ether oxygens (including phenoxy) is 1. The van der Waals surface area contributed by atoms with Crippen LogP contribution in [0.3, 0.4) is 0 Å². The van der Waals surface area contributed by atoms with Crippen molar-refractivity contribution in [1.82, 2.24) is 15.0 Å². The fourth-order valence-corrected chi connectivity index (χ4v) is 2.80. The van der Waals surface area contributed by atoms with E-state index in [0.29, 0.717) is 5.75 Å². The first kappa shape index (κ1) is 16.9. The number of para-hydroxylation sites is 1. The average molecular weight is 361 g/mol. The molecule has 0 radical (unpaired) electrons. The summed E-state index contributed by atoms with van der Waals surface area (Å²) in [5, 5.41) is 8.04. The first-order valence-electron chi connectivity index (χ1n) is 8.48. The van der Waals surface area contributed by atoms with Gasteiger partial charge >= 0.3 is 0 Å². The van der Waals surface area contributed by atoms with Crippen LogP contribution in [-0.4, -0.2) is 27.4 Å². The molecule has 4 aromatic rings. The van der Waals surface area contributed by atoms with Crippen molar-refractivity contribution in [2.24, 2.45) is 0 Å². The standard InChI is InChI=1S/C21H16FN3O2/c22-17-9-5-15(6-10-17)16-7-11-19(12-8-16)27-14-18(26)13-25-21-4-2-1-3-20(21)23-24-25/h1-12H,13-14H2. The molecule has 1 heterocycles. The van der Waals surface area contributed by atoms with Gasteiger partial charge in [-0.2, -0.15) is 0 Å².